The Morgan fingerprint density at radius 3 is 2.64 bits per heavy atom. The maximum atomic E-state index is 11.1. The van der Waals surface area contributed by atoms with Gasteiger partial charge in [-0.05, 0) is 25.1 Å². The molecule has 0 aliphatic rings. The Hall–Kier alpha value is -0.770. The van der Waals surface area contributed by atoms with E-state index in [2.05, 4.69) is 0 Å². The number of rotatable bonds is 2. The van der Waals surface area contributed by atoms with Crippen LogP contribution in [0.25, 0.3) is 0 Å². The Labute approximate surface area is 91.7 Å². The minimum atomic E-state index is -0.679. The number of benzene rings is 1. The minimum absolute atomic E-state index is 0.262. The highest BCUT2D eigenvalue weighted by atomic mass is 35.5. The van der Waals surface area contributed by atoms with Gasteiger partial charge in [0.15, 0.2) is 0 Å². The van der Waals surface area contributed by atoms with E-state index >= 15 is 0 Å². The van der Waals surface area contributed by atoms with Crippen molar-refractivity contribution in [3.05, 3.63) is 28.2 Å². The Morgan fingerprint density at radius 1 is 1.50 bits per heavy atom. The number of carbonyl (C=O) groups excluding carboxylic acids is 1. The molecule has 0 bridgehead atoms. The van der Waals surface area contributed by atoms with Crippen molar-refractivity contribution in [3.63, 3.8) is 0 Å². The SMILES string of the molecule is C[C@H](N)C(=O)Oc1ccc(Cl)cc1Cl. The van der Waals surface area contributed by atoms with Crippen molar-refractivity contribution in [1.29, 1.82) is 0 Å². The smallest absolute Gasteiger partial charge is 0.328 e. The standard InChI is InChI=1S/C9H9Cl2NO2/c1-5(12)9(13)14-8-3-2-6(10)4-7(8)11/h2-5H,12H2,1H3/t5-/m0/s1. The van der Waals surface area contributed by atoms with Crippen LogP contribution < -0.4 is 10.5 Å². The van der Waals surface area contributed by atoms with E-state index in [1.54, 1.807) is 6.07 Å². The average molecular weight is 234 g/mol. The highest BCUT2D eigenvalue weighted by Crippen LogP contribution is 2.27. The summed E-state index contributed by atoms with van der Waals surface area (Å²) in [6.07, 6.45) is 0. The van der Waals surface area contributed by atoms with Gasteiger partial charge in [0, 0.05) is 5.02 Å². The molecule has 1 atom stereocenters. The summed E-state index contributed by atoms with van der Waals surface area (Å²) < 4.78 is 4.91. The molecule has 0 saturated carbocycles. The number of nitrogens with two attached hydrogens (primary N) is 1. The predicted octanol–water partition coefficient (Wildman–Crippen LogP) is 2.25. The van der Waals surface area contributed by atoms with Crippen LogP contribution in [0, 0.1) is 0 Å². The minimum Gasteiger partial charge on any atom is -0.424 e. The van der Waals surface area contributed by atoms with Crippen molar-refractivity contribution in [2.45, 2.75) is 13.0 Å². The molecule has 0 radical (unpaired) electrons. The summed E-state index contributed by atoms with van der Waals surface area (Å²) >= 11 is 11.4. The van der Waals surface area contributed by atoms with Crippen molar-refractivity contribution >= 4 is 29.2 Å². The van der Waals surface area contributed by atoms with Gasteiger partial charge in [-0.15, -0.1) is 0 Å². The van der Waals surface area contributed by atoms with Gasteiger partial charge in [0.2, 0.25) is 0 Å². The molecular formula is C9H9Cl2NO2. The normalized spacial score (nSPS) is 12.3. The lowest BCUT2D eigenvalue weighted by atomic mass is 10.3. The van der Waals surface area contributed by atoms with Crippen LogP contribution in [0.15, 0.2) is 18.2 Å². The fourth-order valence-corrected chi connectivity index (χ4v) is 1.21. The van der Waals surface area contributed by atoms with E-state index in [0.29, 0.717) is 5.02 Å². The number of halogens is 2. The molecule has 0 spiro atoms. The lowest BCUT2D eigenvalue weighted by molar-refractivity contribution is -0.135. The molecule has 0 saturated heterocycles. The first-order valence-electron chi connectivity index (χ1n) is 3.93. The fourth-order valence-electron chi connectivity index (χ4n) is 0.759. The summed E-state index contributed by atoms with van der Waals surface area (Å²) in [4.78, 5) is 11.1. The van der Waals surface area contributed by atoms with Crippen LogP contribution in [0.5, 0.6) is 5.75 Å². The van der Waals surface area contributed by atoms with Crippen LogP contribution in [0.2, 0.25) is 10.0 Å². The number of esters is 1. The van der Waals surface area contributed by atoms with Crippen molar-refractivity contribution in [2.75, 3.05) is 0 Å². The van der Waals surface area contributed by atoms with Crippen LogP contribution in [-0.2, 0) is 4.79 Å². The first-order valence-corrected chi connectivity index (χ1v) is 4.68. The summed E-state index contributed by atoms with van der Waals surface area (Å²) in [7, 11) is 0. The van der Waals surface area contributed by atoms with Crippen molar-refractivity contribution in [3.8, 4) is 5.75 Å². The molecule has 0 amide bonds. The van der Waals surface area contributed by atoms with Crippen molar-refractivity contribution in [2.24, 2.45) is 5.73 Å². The molecule has 0 heterocycles. The number of carbonyl (C=O) groups is 1. The highest BCUT2D eigenvalue weighted by molar-refractivity contribution is 6.35. The third-order valence-corrected chi connectivity index (χ3v) is 2.01. The van der Waals surface area contributed by atoms with E-state index in [0.717, 1.165) is 0 Å². The first-order chi connectivity index (χ1) is 6.50. The Bertz CT molecular complexity index is 353. The molecule has 1 aromatic carbocycles. The van der Waals surface area contributed by atoms with Crippen LogP contribution in [-0.4, -0.2) is 12.0 Å². The van der Waals surface area contributed by atoms with E-state index in [4.69, 9.17) is 33.7 Å². The van der Waals surface area contributed by atoms with Gasteiger partial charge in [-0.2, -0.15) is 0 Å². The van der Waals surface area contributed by atoms with E-state index in [-0.39, 0.29) is 10.8 Å². The van der Waals surface area contributed by atoms with E-state index in [1.807, 2.05) is 0 Å². The monoisotopic (exact) mass is 233 g/mol. The molecule has 5 heteroatoms. The summed E-state index contributed by atoms with van der Waals surface area (Å²) in [5, 5.41) is 0.766. The molecule has 14 heavy (non-hydrogen) atoms. The highest BCUT2D eigenvalue weighted by Gasteiger charge is 2.12. The molecule has 0 aliphatic heterocycles. The van der Waals surface area contributed by atoms with Gasteiger partial charge in [-0.3, -0.25) is 0 Å². The number of hydrogen-bond acceptors (Lipinski definition) is 3. The summed E-state index contributed by atoms with van der Waals surface area (Å²) in [6.45, 7) is 1.53. The quantitative estimate of drug-likeness (QED) is 0.630. The van der Waals surface area contributed by atoms with E-state index in [9.17, 15) is 4.79 Å². The number of ether oxygens (including phenoxy) is 1. The third kappa shape index (κ3) is 2.87. The zero-order chi connectivity index (χ0) is 10.7. The second-order valence-corrected chi connectivity index (χ2v) is 3.63. The van der Waals surface area contributed by atoms with Gasteiger partial charge in [0.05, 0.1) is 5.02 Å². The van der Waals surface area contributed by atoms with Crippen LogP contribution >= 0.6 is 23.2 Å². The van der Waals surface area contributed by atoms with Gasteiger partial charge in [0.1, 0.15) is 11.8 Å². The van der Waals surface area contributed by atoms with Gasteiger partial charge < -0.3 is 10.5 Å². The molecule has 76 valence electrons. The van der Waals surface area contributed by atoms with Crippen LogP contribution in [0.3, 0.4) is 0 Å². The maximum absolute atomic E-state index is 11.1. The van der Waals surface area contributed by atoms with E-state index in [1.165, 1.54) is 19.1 Å². The third-order valence-electron chi connectivity index (χ3n) is 1.48. The van der Waals surface area contributed by atoms with E-state index < -0.39 is 12.0 Å². The second kappa shape index (κ2) is 4.64. The molecule has 0 aliphatic carbocycles. The largest absolute Gasteiger partial charge is 0.424 e. The molecule has 0 unspecified atom stereocenters. The second-order valence-electron chi connectivity index (χ2n) is 2.78. The predicted molar refractivity (Wildman–Crippen MR) is 55.7 cm³/mol. The molecule has 2 N–H and O–H groups in total. The van der Waals surface area contributed by atoms with Gasteiger partial charge in [-0.25, -0.2) is 4.79 Å². The van der Waals surface area contributed by atoms with Crippen molar-refractivity contribution in [1.82, 2.24) is 0 Å². The van der Waals surface area contributed by atoms with Gasteiger partial charge in [0.25, 0.3) is 0 Å². The fraction of sp³-hybridized carbons (Fsp3) is 0.222. The van der Waals surface area contributed by atoms with Crippen molar-refractivity contribution < 1.29 is 9.53 Å². The summed E-state index contributed by atoms with van der Waals surface area (Å²) in [5.74, 6) is -0.271. The molecule has 1 rings (SSSR count). The topological polar surface area (TPSA) is 52.3 Å². The maximum Gasteiger partial charge on any atom is 0.328 e. The molecule has 0 aromatic heterocycles. The lowest BCUT2D eigenvalue weighted by Gasteiger charge is -2.07. The van der Waals surface area contributed by atoms with Crippen LogP contribution in [0.1, 0.15) is 6.92 Å². The summed E-state index contributed by atoms with van der Waals surface area (Å²) in [6, 6.07) is 3.91. The zero-order valence-corrected chi connectivity index (χ0v) is 8.97. The molecule has 3 nitrogen and oxygen atoms in total. The summed E-state index contributed by atoms with van der Waals surface area (Å²) in [5.41, 5.74) is 5.32. The zero-order valence-electron chi connectivity index (χ0n) is 7.46. The molecule has 0 fully saturated rings. The number of hydrogen-bond donors (Lipinski definition) is 1. The first kappa shape index (κ1) is 11.3. The molecule has 1 aromatic rings. The Morgan fingerprint density at radius 2 is 2.14 bits per heavy atom. The molecular weight excluding hydrogens is 225 g/mol. The average Bonchev–Trinajstić information content (AvgIpc) is 2.09. The van der Waals surface area contributed by atoms with Crippen LogP contribution in [0.4, 0.5) is 0 Å². The van der Waals surface area contributed by atoms with Gasteiger partial charge >= 0.3 is 5.97 Å². The Kier molecular flexibility index (Phi) is 3.75. The van der Waals surface area contributed by atoms with Gasteiger partial charge in [-0.1, -0.05) is 23.2 Å². The lowest BCUT2D eigenvalue weighted by Crippen LogP contribution is -2.30. The Balaban J connectivity index is 2.82.